The predicted molar refractivity (Wildman–Crippen MR) is 90.9 cm³/mol. The van der Waals surface area contributed by atoms with E-state index in [0.717, 1.165) is 42.3 Å². The van der Waals surface area contributed by atoms with Gasteiger partial charge in [-0.15, -0.1) is 0 Å². The van der Waals surface area contributed by atoms with E-state index in [1.165, 1.54) is 0 Å². The van der Waals surface area contributed by atoms with E-state index in [1.54, 1.807) is 18.5 Å². The van der Waals surface area contributed by atoms with E-state index in [-0.39, 0.29) is 0 Å². The highest BCUT2D eigenvalue weighted by molar-refractivity contribution is 5.85. The van der Waals surface area contributed by atoms with Gasteiger partial charge in [0.25, 0.3) is 0 Å². The highest BCUT2D eigenvalue weighted by Gasteiger charge is 2.03. The molecule has 0 unspecified atom stereocenters. The predicted octanol–water partition coefficient (Wildman–Crippen LogP) is 2.39. The van der Waals surface area contributed by atoms with Crippen LogP contribution in [0.2, 0.25) is 0 Å². The van der Waals surface area contributed by atoms with Gasteiger partial charge in [0, 0.05) is 18.2 Å². The summed E-state index contributed by atoms with van der Waals surface area (Å²) in [6.07, 6.45) is 7.98. The van der Waals surface area contributed by atoms with Crippen LogP contribution in [0, 0.1) is 0 Å². The zero-order valence-corrected chi connectivity index (χ0v) is 12.8. The van der Waals surface area contributed by atoms with Crippen molar-refractivity contribution in [3.63, 3.8) is 0 Å². The molecule has 6 nitrogen and oxygen atoms in total. The van der Waals surface area contributed by atoms with E-state index < -0.39 is 5.97 Å². The van der Waals surface area contributed by atoms with Gasteiger partial charge in [0.2, 0.25) is 0 Å². The summed E-state index contributed by atoms with van der Waals surface area (Å²) >= 11 is 0. The maximum Gasteiger partial charge on any atom is 0.328 e. The molecule has 0 atom stereocenters. The number of benzene rings is 1. The van der Waals surface area contributed by atoms with Gasteiger partial charge >= 0.3 is 5.97 Å². The Morgan fingerprint density at radius 3 is 2.96 bits per heavy atom. The van der Waals surface area contributed by atoms with Crippen molar-refractivity contribution in [1.82, 2.24) is 9.97 Å². The Labute approximate surface area is 135 Å². The number of rotatable bonds is 8. The number of carboxylic acids is 1. The number of carbonyl (C=O) groups is 1. The molecule has 6 heteroatoms. The van der Waals surface area contributed by atoms with Crippen LogP contribution in [0.4, 0.5) is 5.82 Å². The third-order valence-corrected chi connectivity index (χ3v) is 3.17. The van der Waals surface area contributed by atoms with E-state index in [0.29, 0.717) is 12.4 Å². The number of hydrogen-bond donors (Lipinski definition) is 3. The van der Waals surface area contributed by atoms with Gasteiger partial charge in [-0.1, -0.05) is 18.2 Å². The summed E-state index contributed by atoms with van der Waals surface area (Å²) < 4.78 is 0. The Hall–Kier alpha value is -2.73. The van der Waals surface area contributed by atoms with Crippen molar-refractivity contribution in [3.8, 4) is 11.3 Å². The maximum atomic E-state index is 10.6. The number of nitrogens with two attached hydrogens (primary N) is 1. The zero-order valence-electron chi connectivity index (χ0n) is 12.8. The molecule has 4 N–H and O–H groups in total. The van der Waals surface area contributed by atoms with Crippen molar-refractivity contribution in [2.24, 2.45) is 5.73 Å². The average Bonchev–Trinajstić information content (AvgIpc) is 2.57. The first-order valence-corrected chi connectivity index (χ1v) is 7.46. The van der Waals surface area contributed by atoms with E-state index >= 15 is 0 Å². The molecule has 2 rings (SSSR count). The molecule has 2 aromatic rings. The van der Waals surface area contributed by atoms with Crippen molar-refractivity contribution >= 4 is 17.9 Å². The number of unbranched alkanes of at least 4 members (excludes halogenated alkanes) is 1. The summed E-state index contributed by atoms with van der Waals surface area (Å²) in [5.74, 6) is -0.259. The number of nitrogens with one attached hydrogen (secondary N) is 1. The van der Waals surface area contributed by atoms with Gasteiger partial charge in [-0.2, -0.15) is 0 Å². The molecular weight excluding hydrogens is 292 g/mol. The summed E-state index contributed by atoms with van der Waals surface area (Å²) in [5.41, 5.74) is 7.89. The van der Waals surface area contributed by atoms with Crippen molar-refractivity contribution in [3.05, 3.63) is 48.3 Å². The smallest absolute Gasteiger partial charge is 0.328 e. The van der Waals surface area contributed by atoms with Gasteiger partial charge < -0.3 is 16.2 Å². The Kier molecular flexibility index (Phi) is 6.26. The molecule has 0 aliphatic rings. The number of aliphatic carboxylic acids is 1. The number of anilines is 1. The van der Waals surface area contributed by atoms with Crippen molar-refractivity contribution < 1.29 is 9.90 Å². The van der Waals surface area contributed by atoms with E-state index in [1.807, 2.05) is 24.3 Å². The summed E-state index contributed by atoms with van der Waals surface area (Å²) in [7, 11) is 0. The van der Waals surface area contributed by atoms with Gasteiger partial charge in [-0.25, -0.2) is 9.78 Å². The zero-order chi connectivity index (χ0) is 16.5. The van der Waals surface area contributed by atoms with Gasteiger partial charge in [-0.05, 0) is 37.1 Å². The normalized spacial score (nSPS) is 10.8. The first-order valence-electron chi connectivity index (χ1n) is 7.46. The Balaban J connectivity index is 2.12. The van der Waals surface area contributed by atoms with Crippen molar-refractivity contribution in [2.45, 2.75) is 12.8 Å². The monoisotopic (exact) mass is 312 g/mol. The van der Waals surface area contributed by atoms with Crippen LogP contribution in [0.3, 0.4) is 0 Å². The molecule has 23 heavy (non-hydrogen) atoms. The van der Waals surface area contributed by atoms with Gasteiger partial charge in [0.05, 0.1) is 18.1 Å². The Morgan fingerprint density at radius 1 is 1.30 bits per heavy atom. The lowest BCUT2D eigenvalue weighted by molar-refractivity contribution is -0.131. The van der Waals surface area contributed by atoms with Crippen LogP contribution in [0.1, 0.15) is 18.4 Å². The largest absolute Gasteiger partial charge is 0.478 e. The second kappa shape index (κ2) is 8.65. The summed E-state index contributed by atoms with van der Waals surface area (Å²) in [4.78, 5) is 19.3. The first-order chi connectivity index (χ1) is 11.2. The van der Waals surface area contributed by atoms with Crippen LogP contribution >= 0.6 is 0 Å². The third kappa shape index (κ3) is 5.52. The SMILES string of the molecule is NCCCCNc1cncc(-c2cccc(/C=C/C(=O)O)c2)n1. The molecule has 1 aromatic heterocycles. The molecule has 120 valence electrons. The highest BCUT2D eigenvalue weighted by Crippen LogP contribution is 2.19. The molecule has 0 spiro atoms. The van der Waals surface area contributed by atoms with Crippen LogP contribution in [0.15, 0.2) is 42.7 Å². The topological polar surface area (TPSA) is 101 Å². The first kappa shape index (κ1) is 16.6. The fourth-order valence-electron chi connectivity index (χ4n) is 2.05. The minimum Gasteiger partial charge on any atom is -0.478 e. The molecule has 0 amide bonds. The van der Waals surface area contributed by atoms with Gasteiger partial charge in [0.15, 0.2) is 0 Å². The quantitative estimate of drug-likeness (QED) is 0.511. The van der Waals surface area contributed by atoms with Gasteiger partial charge in [0.1, 0.15) is 5.82 Å². The molecule has 0 aliphatic heterocycles. The second-order valence-electron chi connectivity index (χ2n) is 5.01. The Morgan fingerprint density at radius 2 is 2.17 bits per heavy atom. The summed E-state index contributed by atoms with van der Waals surface area (Å²) in [6, 6.07) is 7.49. The number of aromatic nitrogens is 2. The summed E-state index contributed by atoms with van der Waals surface area (Å²) in [6.45, 7) is 1.49. The van der Waals surface area contributed by atoms with Crippen LogP contribution in [0.25, 0.3) is 17.3 Å². The highest BCUT2D eigenvalue weighted by atomic mass is 16.4. The van der Waals surface area contributed by atoms with Gasteiger partial charge in [-0.3, -0.25) is 4.98 Å². The molecule has 0 saturated carbocycles. The lowest BCUT2D eigenvalue weighted by atomic mass is 10.1. The molecule has 0 fully saturated rings. The molecule has 0 radical (unpaired) electrons. The van der Waals surface area contributed by atoms with Crippen molar-refractivity contribution in [1.29, 1.82) is 0 Å². The molecule has 0 bridgehead atoms. The molecular formula is C17H20N4O2. The lowest BCUT2D eigenvalue weighted by Gasteiger charge is -2.07. The fraction of sp³-hybridized carbons (Fsp3) is 0.235. The molecule has 1 heterocycles. The van der Waals surface area contributed by atoms with Crippen LogP contribution < -0.4 is 11.1 Å². The summed E-state index contributed by atoms with van der Waals surface area (Å²) in [5, 5.41) is 11.9. The van der Waals surface area contributed by atoms with E-state index in [9.17, 15) is 4.79 Å². The van der Waals surface area contributed by atoms with Crippen LogP contribution in [0.5, 0.6) is 0 Å². The van der Waals surface area contributed by atoms with Crippen LogP contribution in [-0.4, -0.2) is 34.1 Å². The molecule has 1 aromatic carbocycles. The third-order valence-electron chi connectivity index (χ3n) is 3.17. The minimum absolute atomic E-state index is 0.685. The van der Waals surface area contributed by atoms with Crippen LogP contribution in [-0.2, 0) is 4.79 Å². The fourth-order valence-corrected chi connectivity index (χ4v) is 2.05. The van der Waals surface area contributed by atoms with E-state index in [2.05, 4.69) is 15.3 Å². The molecule has 0 saturated heterocycles. The Bertz CT molecular complexity index is 686. The number of hydrogen-bond acceptors (Lipinski definition) is 5. The number of nitrogens with zero attached hydrogens (tertiary/aromatic N) is 2. The maximum absolute atomic E-state index is 10.6. The molecule has 0 aliphatic carbocycles. The standard InChI is InChI=1S/C17H20N4O2/c18-8-1-2-9-20-16-12-19-11-15(21-16)14-5-3-4-13(10-14)6-7-17(22)23/h3-7,10-12H,1-2,8-9,18H2,(H,20,21)(H,22,23)/b7-6+. The number of carboxylic acid groups (broad SMARTS) is 1. The average molecular weight is 312 g/mol. The second-order valence-corrected chi connectivity index (χ2v) is 5.01. The lowest BCUT2D eigenvalue weighted by Crippen LogP contribution is -2.07. The minimum atomic E-state index is -0.973. The van der Waals surface area contributed by atoms with E-state index in [4.69, 9.17) is 10.8 Å². The van der Waals surface area contributed by atoms with Crippen molar-refractivity contribution in [2.75, 3.05) is 18.4 Å².